The second kappa shape index (κ2) is 4.79. The van der Waals surface area contributed by atoms with Crippen molar-refractivity contribution in [2.75, 3.05) is 16.6 Å². The van der Waals surface area contributed by atoms with Crippen molar-refractivity contribution in [2.45, 2.75) is 11.3 Å². The number of nitriles is 1. The number of rotatable bonds is 2. The van der Waals surface area contributed by atoms with Crippen LogP contribution in [-0.2, 0) is 16.4 Å². The highest BCUT2D eigenvalue weighted by atomic mass is 32.2. The topological polar surface area (TPSA) is 87.2 Å². The van der Waals surface area contributed by atoms with Gasteiger partial charge in [0.25, 0.3) is 10.0 Å². The highest BCUT2D eigenvalue weighted by Crippen LogP contribution is 2.34. The fraction of sp³-hybridized carbons (Fsp3) is 0.133. The van der Waals surface area contributed by atoms with E-state index in [9.17, 15) is 8.42 Å². The predicted octanol–water partition coefficient (Wildman–Crippen LogP) is 1.89. The highest BCUT2D eigenvalue weighted by Gasteiger charge is 2.32. The Labute approximate surface area is 123 Å². The Morgan fingerprint density at radius 3 is 2.71 bits per heavy atom. The molecule has 1 aliphatic rings. The van der Waals surface area contributed by atoms with E-state index in [4.69, 9.17) is 11.0 Å². The summed E-state index contributed by atoms with van der Waals surface area (Å²) in [5, 5.41) is 9.11. The standard InChI is InChI=1S/C15H13N3O2S/c16-10-12-3-1-2-4-15(12)21(19,20)18-8-7-11-9-13(17)5-6-14(11)18/h1-6,9H,7-8,17H2. The zero-order chi connectivity index (χ0) is 15.0. The summed E-state index contributed by atoms with van der Waals surface area (Å²) >= 11 is 0. The Morgan fingerprint density at radius 2 is 1.95 bits per heavy atom. The van der Waals surface area contributed by atoms with E-state index in [1.165, 1.54) is 16.4 Å². The van der Waals surface area contributed by atoms with Gasteiger partial charge in [0.05, 0.1) is 11.3 Å². The van der Waals surface area contributed by atoms with Gasteiger partial charge in [-0.05, 0) is 42.3 Å². The Bertz CT molecular complexity index is 853. The molecule has 5 nitrogen and oxygen atoms in total. The van der Waals surface area contributed by atoms with Crippen LogP contribution in [0.5, 0.6) is 0 Å². The summed E-state index contributed by atoms with van der Waals surface area (Å²) in [4.78, 5) is 0.0391. The zero-order valence-corrected chi connectivity index (χ0v) is 12.0. The molecule has 2 aromatic rings. The molecule has 0 radical (unpaired) electrons. The molecule has 0 aliphatic carbocycles. The van der Waals surface area contributed by atoms with E-state index in [0.717, 1.165) is 5.56 Å². The van der Waals surface area contributed by atoms with Gasteiger partial charge in [0.15, 0.2) is 0 Å². The first-order valence-electron chi connectivity index (χ1n) is 6.44. The molecule has 6 heteroatoms. The summed E-state index contributed by atoms with van der Waals surface area (Å²) in [6.07, 6.45) is 0.619. The summed E-state index contributed by atoms with van der Waals surface area (Å²) in [5.74, 6) is 0. The molecule has 0 aromatic heterocycles. The smallest absolute Gasteiger partial charge is 0.265 e. The molecule has 0 atom stereocenters. The third kappa shape index (κ3) is 2.12. The molecule has 0 unspecified atom stereocenters. The van der Waals surface area contributed by atoms with Gasteiger partial charge in [-0.2, -0.15) is 5.26 Å². The number of sulfonamides is 1. The summed E-state index contributed by atoms with van der Waals surface area (Å²) < 4.78 is 27.0. The number of nitrogen functional groups attached to an aromatic ring is 1. The van der Waals surface area contributed by atoms with Crippen molar-refractivity contribution in [1.82, 2.24) is 0 Å². The first-order chi connectivity index (χ1) is 10.0. The third-order valence-corrected chi connectivity index (χ3v) is 5.40. The Morgan fingerprint density at radius 1 is 1.19 bits per heavy atom. The maximum atomic E-state index is 12.8. The van der Waals surface area contributed by atoms with Gasteiger partial charge in [-0.3, -0.25) is 4.31 Å². The van der Waals surface area contributed by atoms with Gasteiger partial charge >= 0.3 is 0 Å². The van der Waals surface area contributed by atoms with E-state index >= 15 is 0 Å². The fourth-order valence-electron chi connectivity index (χ4n) is 2.54. The zero-order valence-electron chi connectivity index (χ0n) is 11.2. The molecular formula is C15H13N3O2S. The van der Waals surface area contributed by atoms with E-state index in [1.54, 1.807) is 30.3 Å². The lowest BCUT2D eigenvalue weighted by atomic mass is 10.1. The van der Waals surface area contributed by atoms with Crippen LogP contribution >= 0.6 is 0 Å². The van der Waals surface area contributed by atoms with Crippen molar-refractivity contribution in [3.63, 3.8) is 0 Å². The molecule has 1 aliphatic heterocycles. The normalized spacial score (nSPS) is 13.8. The van der Waals surface area contributed by atoms with E-state index in [0.29, 0.717) is 24.3 Å². The van der Waals surface area contributed by atoms with Crippen LogP contribution < -0.4 is 10.0 Å². The van der Waals surface area contributed by atoms with Crippen LogP contribution in [0.4, 0.5) is 11.4 Å². The van der Waals surface area contributed by atoms with Crippen molar-refractivity contribution in [2.24, 2.45) is 0 Å². The first-order valence-corrected chi connectivity index (χ1v) is 7.88. The van der Waals surface area contributed by atoms with Crippen LogP contribution in [0.15, 0.2) is 47.4 Å². The number of nitrogens with two attached hydrogens (primary N) is 1. The van der Waals surface area contributed by atoms with E-state index < -0.39 is 10.0 Å². The molecule has 0 saturated carbocycles. The van der Waals surface area contributed by atoms with Gasteiger partial charge < -0.3 is 5.73 Å². The minimum atomic E-state index is -3.74. The molecule has 1 heterocycles. The van der Waals surface area contributed by atoms with E-state index in [1.807, 2.05) is 6.07 Å². The second-order valence-corrected chi connectivity index (χ2v) is 6.65. The SMILES string of the molecule is N#Cc1ccccc1S(=O)(=O)N1CCc2cc(N)ccc21. The Hall–Kier alpha value is -2.52. The predicted molar refractivity (Wildman–Crippen MR) is 80.2 cm³/mol. The van der Waals surface area contributed by atoms with Gasteiger partial charge in [-0.15, -0.1) is 0 Å². The summed E-state index contributed by atoms with van der Waals surface area (Å²) in [5.41, 5.74) is 8.05. The molecule has 106 valence electrons. The molecule has 0 fully saturated rings. The average Bonchev–Trinajstić information content (AvgIpc) is 2.90. The first kappa shape index (κ1) is 13.5. The Kier molecular flexibility index (Phi) is 3.07. The lowest BCUT2D eigenvalue weighted by Crippen LogP contribution is -2.29. The maximum Gasteiger partial charge on any atom is 0.265 e. The molecule has 0 spiro atoms. The summed E-state index contributed by atoms with van der Waals surface area (Å²) in [6.45, 7) is 0.362. The molecule has 2 N–H and O–H groups in total. The molecule has 21 heavy (non-hydrogen) atoms. The van der Waals surface area contributed by atoms with Crippen molar-refractivity contribution >= 4 is 21.4 Å². The summed E-state index contributed by atoms with van der Waals surface area (Å²) in [6, 6.07) is 13.4. The van der Waals surface area contributed by atoms with Crippen molar-refractivity contribution in [3.05, 3.63) is 53.6 Å². The highest BCUT2D eigenvalue weighted by molar-refractivity contribution is 7.93. The number of hydrogen-bond donors (Lipinski definition) is 1. The van der Waals surface area contributed by atoms with Crippen LogP contribution in [0.2, 0.25) is 0 Å². The van der Waals surface area contributed by atoms with Gasteiger partial charge in [0.1, 0.15) is 11.0 Å². The maximum absolute atomic E-state index is 12.8. The number of nitrogens with zero attached hydrogens (tertiary/aromatic N) is 2. The molecular weight excluding hydrogens is 286 g/mol. The minimum absolute atomic E-state index is 0.0391. The fourth-order valence-corrected chi connectivity index (χ4v) is 4.19. The number of anilines is 2. The van der Waals surface area contributed by atoms with Gasteiger partial charge in [-0.1, -0.05) is 12.1 Å². The van der Waals surface area contributed by atoms with Crippen LogP contribution in [-0.4, -0.2) is 15.0 Å². The van der Waals surface area contributed by atoms with Crippen molar-refractivity contribution < 1.29 is 8.42 Å². The summed E-state index contributed by atoms with van der Waals surface area (Å²) in [7, 11) is -3.74. The molecule has 3 rings (SSSR count). The lowest BCUT2D eigenvalue weighted by Gasteiger charge is -2.20. The van der Waals surface area contributed by atoms with Crippen LogP contribution in [0.1, 0.15) is 11.1 Å². The Balaban J connectivity index is 2.12. The van der Waals surface area contributed by atoms with Crippen LogP contribution in [0.3, 0.4) is 0 Å². The average molecular weight is 299 g/mol. The number of fused-ring (bicyclic) bond motifs is 1. The largest absolute Gasteiger partial charge is 0.399 e. The van der Waals surface area contributed by atoms with Gasteiger partial charge in [-0.25, -0.2) is 8.42 Å². The molecule has 2 aromatic carbocycles. The van der Waals surface area contributed by atoms with Gasteiger partial charge in [0.2, 0.25) is 0 Å². The van der Waals surface area contributed by atoms with Crippen molar-refractivity contribution in [1.29, 1.82) is 5.26 Å². The van der Waals surface area contributed by atoms with E-state index in [-0.39, 0.29) is 10.5 Å². The lowest BCUT2D eigenvalue weighted by molar-refractivity contribution is 0.592. The monoisotopic (exact) mass is 299 g/mol. The second-order valence-electron chi connectivity index (χ2n) is 4.82. The molecule has 0 amide bonds. The van der Waals surface area contributed by atoms with Crippen molar-refractivity contribution in [3.8, 4) is 6.07 Å². The van der Waals surface area contributed by atoms with Gasteiger partial charge in [0, 0.05) is 12.2 Å². The number of benzene rings is 2. The van der Waals surface area contributed by atoms with Crippen LogP contribution in [0.25, 0.3) is 0 Å². The number of hydrogen-bond acceptors (Lipinski definition) is 4. The minimum Gasteiger partial charge on any atom is -0.399 e. The molecule has 0 bridgehead atoms. The third-order valence-electron chi connectivity index (χ3n) is 3.53. The quantitative estimate of drug-likeness (QED) is 0.858. The molecule has 0 saturated heterocycles. The van der Waals surface area contributed by atoms with E-state index in [2.05, 4.69) is 0 Å². The van der Waals surface area contributed by atoms with Crippen LogP contribution in [0, 0.1) is 11.3 Å².